The van der Waals surface area contributed by atoms with Gasteiger partial charge in [0.1, 0.15) is 24.2 Å². The van der Waals surface area contributed by atoms with Crippen LogP contribution in [0.5, 0.6) is 0 Å². The molecule has 0 aliphatic rings. The number of hydrogen-bond acceptors (Lipinski definition) is 8. The molecule has 0 saturated carbocycles. The number of aliphatic carboxylic acids is 3. The van der Waals surface area contributed by atoms with Crippen molar-refractivity contribution >= 4 is 35.6 Å². The normalized spacial score (nSPS) is 15.6. The molecule has 0 aromatic carbocycles. The molecular weight excluding hydrogens is 408 g/mol. The standard InChI is InChI=1S/C16H26N4O10/c1-6(16(29)30)18-14(27)9(5-11(24)25)20-13(26)8(3-4-10(22)23)19-15(28)12(17)7(2)21/h6-9,12,21H,3-5,17H2,1-2H3,(H,18,27)(H,19,28)(H,20,26)(H,22,23)(H,24,25)(H,29,30). The SMILES string of the molecule is CC(NC(=O)C(CC(=O)O)NC(=O)C(CCC(=O)O)NC(=O)C(N)C(C)O)C(=O)O. The molecule has 3 amide bonds. The van der Waals surface area contributed by atoms with Crippen molar-refractivity contribution < 1.29 is 49.2 Å². The third kappa shape index (κ3) is 9.79. The highest BCUT2D eigenvalue weighted by Gasteiger charge is 2.31. The molecule has 0 aromatic rings. The van der Waals surface area contributed by atoms with Crippen molar-refractivity contribution in [1.82, 2.24) is 16.0 Å². The summed E-state index contributed by atoms with van der Waals surface area (Å²) in [7, 11) is 0. The molecule has 0 radical (unpaired) electrons. The molecule has 0 rings (SSSR count). The zero-order valence-electron chi connectivity index (χ0n) is 16.3. The quantitative estimate of drug-likeness (QED) is 0.142. The Balaban J connectivity index is 5.44. The van der Waals surface area contributed by atoms with Crippen molar-refractivity contribution in [3.63, 3.8) is 0 Å². The van der Waals surface area contributed by atoms with E-state index in [-0.39, 0.29) is 0 Å². The number of rotatable bonds is 13. The van der Waals surface area contributed by atoms with Gasteiger partial charge in [-0.1, -0.05) is 0 Å². The molecule has 5 unspecified atom stereocenters. The molecule has 9 N–H and O–H groups in total. The molecular formula is C16H26N4O10. The summed E-state index contributed by atoms with van der Waals surface area (Å²) >= 11 is 0. The molecule has 14 heteroatoms. The molecule has 0 aliphatic carbocycles. The number of aliphatic hydroxyl groups is 1. The smallest absolute Gasteiger partial charge is 0.325 e. The lowest BCUT2D eigenvalue weighted by Crippen LogP contribution is -2.58. The number of nitrogens with two attached hydrogens (primary N) is 1. The fourth-order valence-electron chi connectivity index (χ4n) is 2.06. The van der Waals surface area contributed by atoms with Crippen molar-refractivity contribution in [2.45, 2.75) is 63.4 Å². The summed E-state index contributed by atoms with van der Waals surface area (Å²) in [5.74, 6) is -7.36. The van der Waals surface area contributed by atoms with Crippen molar-refractivity contribution in [3.05, 3.63) is 0 Å². The second-order valence-electron chi connectivity index (χ2n) is 6.49. The van der Waals surface area contributed by atoms with Gasteiger partial charge in [-0.05, 0) is 20.3 Å². The first kappa shape index (κ1) is 26.7. The Morgan fingerprint density at radius 3 is 1.73 bits per heavy atom. The van der Waals surface area contributed by atoms with Gasteiger partial charge in [0.25, 0.3) is 0 Å². The van der Waals surface area contributed by atoms with Gasteiger partial charge in [-0.2, -0.15) is 0 Å². The van der Waals surface area contributed by atoms with E-state index in [1.807, 2.05) is 5.32 Å². The summed E-state index contributed by atoms with van der Waals surface area (Å²) in [6.45, 7) is 2.33. The Bertz CT molecular complexity index is 681. The van der Waals surface area contributed by atoms with Crippen LogP contribution in [0, 0.1) is 0 Å². The number of carboxylic acid groups (broad SMARTS) is 3. The van der Waals surface area contributed by atoms with Crippen molar-refractivity contribution in [3.8, 4) is 0 Å². The van der Waals surface area contributed by atoms with E-state index in [0.29, 0.717) is 0 Å². The third-order valence-electron chi connectivity index (χ3n) is 3.84. The summed E-state index contributed by atoms with van der Waals surface area (Å²) in [5.41, 5.74) is 5.46. The fraction of sp³-hybridized carbons (Fsp3) is 0.625. The summed E-state index contributed by atoms with van der Waals surface area (Å²) in [6, 6.07) is -6.03. The van der Waals surface area contributed by atoms with E-state index in [1.54, 1.807) is 0 Å². The maximum atomic E-state index is 12.5. The minimum Gasteiger partial charge on any atom is -0.481 e. The molecule has 170 valence electrons. The van der Waals surface area contributed by atoms with Gasteiger partial charge < -0.3 is 42.1 Å². The van der Waals surface area contributed by atoms with Crippen LogP contribution in [0.1, 0.15) is 33.1 Å². The zero-order valence-corrected chi connectivity index (χ0v) is 16.3. The third-order valence-corrected chi connectivity index (χ3v) is 3.84. The Morgan fingerprint density at radius 1 is 0.800 bits per heavy atom. The molecule has 30 heavy (non-hydrogen) atoms. The highest BCUT2D eigenvalue weighted by molar-refractivity contribution is 5.95. The van der Waals surface area contributed by atoms with Crippen LogP contribution < -0.4 is 21.7 Å². The molecule has 14 nitrogen and oxygen atoms in total. The van der Waals surface area contributed by atoms with Crippen LogP contribution in [0.15, 0.2) is 0 Å². The Labute approximate surface area is 170 Å². The Kier molecular flexibility index (Phi) is 11.0. The van der Waals surface area contributed by atoms with Gasteiger partial charge in [0.2, 0.25) is 17.7 Å². The highest BCUT2D eigenvalue weighted by atomic mass is 16.4. The number of hydrogen-bond donors (Lipinski definition) is 8. The van der Waals surface area contributed by atoms with Crippen molar-refractivity contribution in [2.75, 3.05) is 0 Å². The number of carbonyl (C=O) groups is 6. The minimum atomic E-state index is -1.70. The first-order chi connectivity index (χ1) is 13.8. The van der Waals surface area contributed by atoms with E-state index in [1.165, 1.54) is 6.92 Å². The second-order valence-corrected chi connectivity index (χ2v) is 6.49. The van der Waals surface area contributed by atoms with E-state index in [4.69, 9.17) is 21.1 Å². The van der Waals surface area contributed by atoms with Gasteiger partial charge in [0, 0.05) is 6.42 Å². The van der Waals surface area contributed by atoms with Crippen LogP contribution in [0.25, 0.3) is 0 Å². The molecule has 0 bridgehead atoms. The maximum Gasteiger partial charge on any atom is 0.325 e. The van der Waals surface area contributed by atoms with Crippen LogP contribution in [0.3, 0.4) is 0 Å². The lowest BCUT2D eigenvalue weighted by molar-refractivity contribution is -0.143. The number of aliphatic hydroxyl groups excluding tert-OH is 1. The molecule has 0 aromatic heterocycles. The highest BCUT2D eigenvalue weighted by Crippen LogP contribution is 2.03. The summed E-state index contributed by atoms with van der Waals surface area (Å²) in [4.78, 5) is 69.3. The lowest BCUT2D eigenvalue weighted by atomic mass is 10.1. The van der Waals surface area contributed by atoms with Crippen LogP contribution in [-0.4, -0.2) is 86.3 Å². The average Bonchev–Trinajstić information content (AvgIpc) is 2.62. The summed E-state index contributed by atoms with van der Waals surface area (Å²) in [6.07, 6.45) is -3.17. The molecule has 5 atom stereocenters. The number of carboxylic acids is 3. The predicted molar refractivity (Wildman–Crippen MR) is 97.9 cm³/mol. The second kappa shape index (κ2) is 12.3. The fourth-order valence-corrected chi connectivity index (χ4v) is 2.06. The largest absolute Gasteiger partial charge is 0.481 e. The Morgan fingerprint density at radius 2 is 1.30 bits per heavy atom. The van der Waals surface area contributed by atoms with E-state index in [2.05, 4.69) is 10.6 Å². The summed E-state index contributed by atoms with van der Waals surface area (Å²) < 4.78 is 0. The average molecular weight is 434 g/mol. The van der Waals surface area contributed by atoms with Gasteiger partial charge in [-0.15, -0.1) is 0 Å². The number of carbonyl (C=O) groups excluding carboxylic acids is 3. The monoisotopic (exact) mass is 434 g/mol. The van der Waals surface area contributed by atoms with Crippen molar-refractivity contribution in [2.24, 2.45) is 5.73 Å². The first-order valence-corrected chi connectivity index (χ1v) is 8.77. The van der Waals surface area contributed by atoms with Crippen LogP contribution in [0.2, 0.25) is 0 Å². The van der Waals surface area contributed by atoms with Gasteiger partial charge in [0.15, 0.2) is 0 Å². The number of amides is 3. The predicted octanol–water partition coefficient (Wildman–Crippen LogP) is -3.41. The molecule has 0 spiro atoms. The van der Waals surface area contributed by atoms with Gasteiger partial charge >= 0.3 is 17.9 Å². The van der Waals surface area contributed by atoms with Crippen LogP contribution in [0.4, 0.5) is 0 Å². The lowest BCUT2D eigenvalue weighted by Gasteiger charge is -2.24. The van der Waals surface area contributed by atoms with E-state index in [9.17, 15) is 33.9 Å². The van der Waals surface area contributed by atoms with E-state index >= 15 is 0 Å². The topological polar surface area (TPSA) is 245 Å². The maximum absolute atomic E-state index is 12.5. The van der Waals surface area contributed by atoms with Crippen molar-refractivity contribution in [1.29, 1.82) is 0 Å². The molecule has 0 fully saturated rings. The molecule has 0 saturated heterocycles. The van der Waals surface area contributed by atoms with E-state index < -0.39 is 85.2 Å². The van der Waals surface area contributed by atoms with Crippen LogP contribution in [-0.2, 0) is 28.8 Å². The van der Waals surface area contributed by atoms with E-state index in [0.717, 1.165) is 6.92 Å². The van der Waals surface area contributed by atoms with Gasteiger partial charge in [0.05, 0.1) is 12.5 Å². The zero-order chi connectivity index (χ0) is 23.6. The Hall–Kier alpha value is -3.26. The minimum absolute atomic E-state index is 0.424. The van der Waals surface area contributed by atoms with Crippen LogP contribution >= 0.6 is 0 Å². The molecule has 0 heterocycles. The molecule has 0 aliphatic heterocycles. The summed E-state index contributed by atoms with van der Waals surface area (Å²) in [5, 5.41) is 42.1. The first-order valence-electron chi connectivity index (χ1n) is 8.77. The van der Waals surface area contributed by atoms with Gasteiger partial charge in [-0.25, -0.2) is 0 Å². The van der Waals surface area contributed by atoms with Gasteiger partial charge in [-0.3, -0.25) is 28.8 Å². The number of nitrogens with one attached hydrogen (secondary N) is 3.